The first-order chi connectivity index (χ1) is 19.0. The first-order valence-corrected chi connectivity index (χ1v) is 14.5. The highest BCUT2D eigenvalue weighted by molar-refractivity contribution is 7.98. The number of para-hydroxylation sites is 1. The van der Waals surface area contributed by atoms with E-state index in [0.29, 0.717) is 17.7 Å². The van der Waals surface area contributed by atoms with Crippen molar-refractivity contribution in [3.05, 3.63) is 36.0 Å². The third-order valence-corrected chi connectivity index (χ3v) is 7.44. The number of carboxylic acid groups (broad SMARTS) is 2. The van der Waals surface area contributed by atoms with E-state index in [1.807, 2.05) is 37.4 Å². The van der Waals surface area contributed by atoms with Gasteiger partial charge in [-0.3, -0.25) is 19.2 Å². The molecule has 2 aromatic rings. The van der Waals surface area contributed by atoms with E-state index in [1.54, 1.807) is 13.1 Å². The van der Waals surface area contributed by atoms with Crippen LogP contribution in [0.25, 0.3) is 10.9 Å². The Morgan fingerprint density at radius 2 is 1.55 bits per heavy atom. The van der Waals surface area contributed by atoms with Crippen LogP contribution in [-0.2, 0) is 30.4 Å². The lowest BCUT2D eigenvalue weighted by molar-refractivity contribution is -0.142. The van der Waals surface area contributed by atoms with Crippen LogP contribution in [0.4, 0.5) is 0 Å². The summed E-state index contributed by atoms with van der Waals surface area (Å²) in [4.78, 5) is 65.4. The lowest BCUT2D eigenvalue weighted by atomic mass is 9.98. The van der Waals surface area contributed by atoms with Crippen molar-refractivity contribution >= 4 is 52.3 Å². The van der Waals surface area contributed by atoms with Gasteiger partial charge in [-0.05, 0) is 42.4 Å². The van der Waals surface area contributed by atoms with Gasteiger partial charge in [0.15, 0.2) is 0 Å². The fourth-order valence-electron chi connectivity index (χ4n) is 4.09. The summed E-state index contributed by atoms with van der Waals surface area (Å²) in [5, 5.41) is 27.4. The predicted molar refractivity (Wildman–Crippen MR) is 153 cm³/mol. The molecule has 1 heterocycles. The molecule has 5 atom stereocenters. The molecule has 0 bridgehead atoms. The minimum Gasteiger partial charge on any atom is -0.481 e. The summed E-state index contributed by atoms with van der Waals surface area (Å²) < 4.78 is 0. The quantitative estimate of drug-likeness (QED) is 0.144. The molecule has 0 radical (unpaired) electrons. The second-order valence-corrected chi connectivity index (χ2v) is 10.7. The van der Waals surface area contributed by atoms with Gasteiger partial charge in [0, 0.05) is 29.9 Å². The van der Waals surface area contributed by atoms with Crippen LogP contribution in [0.1, 0.15) is 45.1 Å². The van der Waals surface area contributed by atoms with E-state index in [2.05, 4.69) is 20.9 Å². The predicted octanol–water partition coefficient (Wildman–Crippen LogP) is 1.24. The van der Waals surface area contributed by atoms with Crippen LogP contribution in [0, 0.1) is 5.92 Å². The Morgan fingerprint density at radius 3 is 2.15 bits per heavy atom. The Bertz CT molecular complexity index is 1190. The van der Waals surface area contributed by atoms with E-state index in [-0.39, 0.29) is 25.2 Å². The highest BCUT2D eigenvalue weighted by atomic mass is 32.2. The largest absolute Gasteiger partial charge is 0.481 e. The minimum atomic E-state index is -1.27. The smallest absolute Gasteiger partial charge is 0.326 e. The molecule has 0 saturated heterocycles. The number of carbonyl (C=O) groups excluding carboxylic acids is 3. The maximum Gasteiger partial charge on any atom is 0.326 e. The lowest BCUT2D eigenvalue weighted by Gasteiger charge is -2.26. The molecule has 0 aliphatic heterocycles. The number of carbonyl (C=O) groups is 5. The number of carboxylic acids is 2. The summed E-state index contributed by atoms with van der Waals surface area (Å²) in [5.41, 5.74) is 7.52. The van der Waals surface area contributed by atoms with Gasteiger partial charge in [-0.2, -0.15) is 11.8 Å². The number of hydrogen-bond acceptors (Lipinski definition) is 7. The molecule has 40 heavy (non-hydrogen) atoms. The van der Waals surface area contributed by atoms with Crippen molar-refractivity contribution in [2.24, 2.45) is 11.7 Å². The zero-order chi connectivity index (χ0) is 29.8. The standard InChI is InChI=1S/C27H39N5O7S/c1-4-15(2)23(28)26(37)31-19(9-10-22(33)34)24(35)30-20(11-12-40-3)25(36)32-21(27(38)39)13-16-14-29-18-8-6-5-7-17(16)18/h5-8,14-15,19-21,23,29H,4,9-13,28H2,1-3H3,(H,30,35)(H,31,37)(H,32,36)(H,33,34)(H,38,39). The van der Waals surface area contributed by atoms with E-state index in [4.69, 9.17) is 10.8 Å². The van der Waals surface area contributed by atoms with Gasteiger partial charge in [-0.15, -0.1) is 0 Å². The lowest BCUT2D eigenvalue weighted by Crippen LogP contribution is -2.58. The van der Waals surface area contributed by atoms with Gasteiger partial charge in [0.1, 0.15) is 18.1 Å². The minimum absolute atomic E-state index is 0.0130. The SMILES string of the molecule is CCC(C)C(N)C(=O)NC(CCC(=O)O)C(=O)NC(CCSC)C(=O)NC(Cc1c[nH]c2ccccc12)C(=O)O. The summed E-state index contributed by atoms with van der Waals surface area (Å²) in [7, 11) is 0. The van der Waals surface area contributed by atoms with E-state index in [0.717, 1.165) is 10.9 Å². The second-order valence-electron chi connectivity index (χ2n) is 9.71. The number of H-pyrrole nitrogens is 1. The van der Waals surface area contributed by atoms with E-state index < -0.39 is 60.2 Å². The summed E-state index contributed by atoms with van der Waals surface area (Å²) in [6.45, 7) is 3.65. The molecule has 1 aromatic carbocycles. The molecule has 0 fully saturated rings. The van der Waals surface area contributed by atoms with E-state index >= 15 is 0 Å². The summed E-state index contributed by atoms with van der Waals surface area (Å²) in [6, 6.07) is 2.86. The number of nitrogens with two attached hydrogens (primary N) is 1. The van der Waals surface area contributed by atoms with Gasteiger partial charge >= 0.3 is 11.9 Å². The number of aromatic amines is 1. The van der Waals surface area contributed by atoms with Crippen LogP contribution < -0.4 is 21.7 Å². The Morgan fingerprint density at radius 1 is 0.950 bits per heavy atom. The number of hydrogen-bond donors (Lipinski definition) is 7. The van der Waals surface area contributed by atoms with Crippen molar-refractivity contribution in [1.29, 1.82) is 0 Å². The number of amides is 3. The normalized spacial score (nSPS) is 14.9. The average molecular weight is 578 g/mol. The molecule has 0 aliphatic carbocycles. The van der Waals surface area contributed by atoms with Crippen LogP contribution in [0.2, 0.25) is 0 Å². The molecule has 0 saturated carbocycles. The van der Waals surface area contributed by atoms with Crippen LogP contribution in [0.15, 0.2) is 30.5 Å². The van der Waals surface area contributed by atoms with Crippen molar-refractivity contribution < 1.29 is 34.2 Å². The molecule has 1 aromatic heterocycles. The highest BCUT2D eigenvalue weighted by Crippen LogP contribution is 2.19. The molecule has 220 valence electrons. The molecule has 2 rings (SSSR count). The molecule has 3 amide bonds. The summed E-state index contributed by atoms with van der Waals surface area (Å²) >= 11 is 1.43. The number of aliphatic carboxylic acids is 2. The molecule has 8 N–H and O–H groups in total. The van der Waals surface area contributed by atoms with Gasteiger partial charge in [-0.1, -0.05) is 38.5 Å². The molecule has 12 nitrogen and oxygen atoms in total. The average Bonchev–Trinajstić information content (AvgIpc) is 3.34. The third kappa shape index (κ3) is 9.56. The van der Waals surface area contributed by atoms with Crippen molar-refractivity contribution in [3.8, 4) is 0 Å². The molecule has 0 aliphatic rings. The number of fused-ring (bicyclic) bond motifs is 1. The fourth-order valence-corrected chi connectivity index (χ4v) is 4.56. The Kier molecular flexibility index (Phi) is 12.9. The summed E-state index contributed by atoms with van der Waals surface area (Å²) in [6.07, 6.45) is 3.73. The molecule has 5 unspecified atom stereocenters. The Balaban J connectivity index is 2.18. The molecular weight excluding hydrogens is 538 g/mol. The van der Waals surface area contributed by atoms with Gasteiger partial charge in [0.25, 0.3) is 0 Å². The first-order valence-electron chi connectivity index (χ1n) is 13.1. The monoisotopic (exact) mass is 577 g/mol. The molecule has 13 heteroatoms. The maximum absolute atomic E-state index is 13.2. The van der Waals surface area contributed by atoms with Crippen molar-refractivity contribution in [2.45, 2.75) is 70.1 Å². The van der Waals surface area contributed by atoms with Crippen molar-refractivity contribution in [1.82, 2.24) is 20.9 Å². The zero-order valence-electron chi connectivity index (χ0n) is 22.9. The fraction of sp³-hybridized carbons (Fsp3) is 0.519. The number of thioether (sulfide) groups is 1. The van der Waals surface area contributed by atoms with E-state index in [9.17, 15) is 29.1 Å². The third-order valence-electron chi connectivity index (χ3n) is 6.80. The molecular formula is C27H39N5O7S. The highest BCUT2D eigenvalue weighted by Gasteiger charge is 2.31. The summed E-state index contributed by atoms with van der Waals surface area (Å²) in [5.74, 6) is -4.15. The van der Waals surface area contributed by atoms with Crippen LogP contribution in [-0.4, -0.2) is 81.0 Å². The maximum atomic E-state index is 13.2. The van der Waals surface area contributed by atoms with Crippen LogP contribution in [0.5, 0.6) is 0 Å². The topological polar surface area (TPSA) is 204 Å². The second kappa shape index (κ2) is 15.9. The first kappa shape index (κ1) is 32.6. The zero-order valence-corrected chi connectivity index (χ0v) is 23.8. The molecule has 0 spiro atoms. The number of benzene rings is 1. The van der Waals surface area contributed by atoms with E-state index in [1.165, 1.54) is 11.8 Å². The van der Waals surface area contributed by atoms with Gasteiger partial charge in [0.2, 0.25) is 17.7 Å². The van der Waals surface area contributed by atoms with Gasteiger partial charge in [0.05, 0.1) is 6.04 Å². The Hall–Kier alpha value is -3.58. The van der Waals surface area contributed by atoms with Crippen LogP contribution >= 0.6 is 11.8 Å². The number of aromatic nitrogens is 1. The van der Waals surface area contributed by atoms with Crippen LogP contribution in [0.3, 0.4) is 0 Å². The van der Waals surface area contributed by atoms with Crippen molar-refractivity contribution in [2.75, 3.05) is 12.0 Å². The number of rotatable bonds is 17. The van der Waals surface area contributed by atoms with Crippen molar-refractivity contribution in [3.63, 3.8) is 0 Å². The number of nitrogens with one attached hydrogen (secondary N) is 4. The van der Waals surface area contributed by atoms with Gasteiger partial charge in [-0.25, -0.2) is 4.79 Å². The Labute approximate surface area is 237 Å². The van der Waals surface area contributed by atoms with Gasteiger partial charge < -0.3 is 36.9 Å².